The Labute approximate surface area is 120 Å². The fraction of sp³-hybridized carbons (Fsp3) is 0.286. The van der Waals surface area contributed by atoms with E-state index in [0.29, 0.717) is 12.1 Å². The molecule has 0 saturated heterocycles. The lowest BCUT2D eigenvalue weighted by atomic mass is 10.1. The number of aromatic nitrogens is 2. The lowest BCUT2D eigenvalue weighted by Gasteiger charge is -2.09. The molecule has 19 heavy (non-hydrogen) atoms. The summed E-state index contributed by atoms with van der Waals surface area (Å²) in [7, 11) is 1.90. The number of hydrogen-bond donors (Lipinski definition) is 1. The quantitative estimate of drug-likeness (QED) is 0.940. The smallest absolute Gasteiger partial charge is 0.251 e. The zero-order valence-corrected chi connectivity index (χ0v) is 12.6. The largest absolute Gasteiger partial charge is 0.352 e. The van der Waals surface area contributed by atoms with Crippen molar-refractivity contribution in [2.45, 2.75) is 13.3 Å². The average molecular weight is 322 g/mol. The van der Waals surface area contributed by atoms with E-state index in [1.54, 1.807) is 6.20 Å². The fourth-order valence-corrected chi connectivity index (χ4v) is 2.27. The predicted molar refractivity (Wildman–Crippen MR) is 78.1 cm³/mol. The number of carbonyl (C=O) groups excluding carboxylic acids is 1. The van der Waals surface area contributed by atoms with Gasteiger partial charge in [-0.05, 0) is 30.7 Å². The van der Waals surface area contributed by atoms with Crippen molar-refractivity contribution in [1.82, 2.24) is 15.1 Å². The summed E-state index contributed by atoms with van der Waals surface area (Å²) < 4.78 is 2.77. The first-order valence-electron chi connectivity index (χ1n) is 6.10. The molecule has 2 rings (SSSR count). The van der Waals surface area contributed by atoms with Gasteiger partial charge in [-0.2, -0.15) is 5.10 Å². The lowest BCUT2D eigenvalue weighted by Crippen LogP contribution is -2.26. The van der Waals surface area contributed by atoms with Gasteiger partial charge in [0.1, 0.15) is 0 Å². The Kier molecular flexibility index (Phi) is 4.37. The number of carbonyl (C=O) groups is 1. The van der Waals surface area contributed by atoms with Crippen LogP contribution in [-0.2, 0) is 13.5 Å². The van der Waals surface area contributed by atoms with E-state index in [1.165, 1.54) is 0 Å². The van der Waals surface area contributed by atoms with Gasteiger partial charge in [0.2, 0.25) is 0 Å². The molecule has 1 aromatic heterocycles. The van der Waals surface area contributed by atoms with Crippen LogP contribution in [0.2, 0.25) is 0 Å². The van der Waals surface area contributed by atoms with Gasteiger partial charge in [0, 0.05) is 41.9 Å². The highest BCUT2D eigenvalue weighted by Gasteiger charge is 2.10. The van der Waals surface area contributed by atoms with Gasteiger partial charge >= 0.3 is 0 Å². The van der Waals surface area contributed by atoms with Gasteiger partial charge < -0.3 is 5.32 Å². The predicted octanol–water partition coefficient (Wildman–Crippen LogP) is 2.46. The van der Waals surface area contributed by atoms with Crippen molar-refractivity contribution in [3.8, 4) is 0 Å². The number of aryl methyl sites for hydroxylation is 1. The van der Waals surface area contributed by atoms with Crippen LogP contribution in [0.4, 0.5) is 0 Å². The van der Waals surface area contributed by atoms with Gasteiger partial charge in [-0.3, -0.25) is 9.48 Å². The third-order valence-corrected chi connectivity index (χ3v) is 3.96. The van der Waals surface area contributed by atoms with Gasteiger partial charge in [-0.25, -0.2) is 0 Å². The molecule has 0 fully saturated rings. The molecule has 1 aromatic carbocycles. The van der Waals surface area contributed by atoms with Crippen molar-refractivity contribution in [3.05, 3.63) is 51.8 Å². The Bertz CT molecular complexity index is 592. The number of hydrogen-bond acceptors (Lipinski definition) is 2. The van der Waals surface area contributed by atoms with Crippen LogP contribution in [0.25, 0.3) is 0 Å². The molecule has 0 saturated carbocycles. The fourth-order valence-electron chi connectivity index (χ4n) is 1.90. The van der Waals surface area contributed by atoms with Gasteiger partial charge in [0.25, 0.3) is 5.91 Å². The zero-order valence-electron chi connectivity index (χ0n) is 11.0. The van der Waals surface area contributed by atoms with Crippen molar-refractivity contribution in [3.63, 3.8) is 0 Å². The molecule has 1 N–H and O–H groups in total. The molecule has 0 spiro atoms. The second-order valence-corrected chi connectivity index (χ2v) is 5.22. The van der Waals surface area contributed by atoms with Crippen LogP contribution in [0.1, 0.15) is 21.6 Å². The number of nitrogens with one attached hydrogen (secondary N) is 1. The van der Waals surface area contributed by atoms with Crippen LogP contribution < -0.4 is 5.32 Å². The molecule has 1 amide bonds. The molecule has 0 aliphatic rings. The summed E-state index contributed by atoms with van der Waals surface area (Å²) in [5.74, 6) is -0.0408. The van der Waals surface area contributed by atoms with Crippen molar-refractivity contribution in [2.75, 3.05) is 6.54 Å². The molecule has 4 nitrogen and oxygen atoms in total. The van der Waals surface area contributed by atoms with Gasteiger partial charge in [-0.1, -0.05) is 22.0 Å². The minimum atomic E-state index is -0.0408. The summed E-state index contributed by atoms with van der Waals surface area (Å²) in [6, 6.07) is 7.59. The van der Waals surface area contributed by atoms with E-state index in [1.807, 2.05) is 42.9 Å². The van der Waals surface area contributed by atoms with E-state index < -0.39 is 0 Å². The Hall–Kier alpha value is -1.62. The Morgan fingerprint density at radius 3 is 2.89 bits per heavy atom. The number of halogens is 1. The first kappa shape index (κ1) is 13.8. The Balaban J connectivity index is 1.95. The monoisotopic (exact) mass is 321 g/mol. The van der Waals surface area contributed by atoms with Crippen LogP contribution in [0.5, 0.6) is 0 Å². The molecule has 0 aliphatic heterocycles. The van der Waals surface area contributed by atoms with Crippen molar-refractivity contribution >= 4 is 21.8 Å². The summed E-state index contributed by atoms with van der Waals surface area (Å²) in [5.41, 5.74) is 2.77. The first-order valence-corrected chi connectivity index (χ1v) is 6.89. The summed E-state index contributed by atoms with van der Waals surface area (Å²) in [6.07, 6.45) is 2.53. The van der Waals surface area contributed by atoms with E-state index in [2.05, 4.69) is 26.3 Å². The number of benzene rings is 1. The van der Waals surface area contributed by atoms with Gasteiger partial charge in [0.15, 0.2) is 0 Å². The second kappa shape index (κ2) is 6.02. The van der Waals surface area contributed by atoms with E-state index in [9.17, 15) is 4.79 Å². The third kappa shape index (κ3) is 3.23. The SMILES string of the molecule is Cc1c(Br)cccc1C(=O)NCCc1ccnn1C. The van der Waals surface area contributed by atoms with Crippen molar-refractivity contribution in [2.24, 2.45) is 7.05 Å². The van der Waals surface area contributed by atoms with Crippen LogP contribution in [0, 0.1) is 6.92 Å². The van der Waals surface area contributed by atoms with E-state index in [0.717, 1.165) is 22.2 Å². The minimum Gasteiger partial charge on any atom is -0.352 e. The molecule has 0 atom stereocenters. The Morgan fingerprint density at radius 1 is 1.42 bits per heavy atom. The topological polar surface area (TPSA) is 46.9 Å². The Morgan fingerprint density at radius 2 is 2.21 bits per heavy atom. The van der Waals surface area contributed by atoms with Crippen molar-refractivity contribution in [1.29, 1.82) is 0 Å². The maximum Gasteiger partial charge on any atom is 0.251 e. The molecular weight excluding hydrogens is 306 g/mol. The summed E-state index contributed by atoms with van der Waals surface area (Å²) in [4.78, 5) is 12.1. The van der Waals surface area contributed by atoms with E-state index in [4.69, 9.17) is 0 Å². The highest BCUT2D eigenvalue weighted by Crippen LogP contribution is 2.19. The molecule has 0 unspecified atom stereocenters. The number of amides is 1. The second-order valence-electron chi connectivity index (χ2n) is 4.36. The summed E-state index contributed by atoms with van der Waals surface area (Å²) in [6.45, 7) is 2.53. The van der Waals surface area contributed by atoms with Gasteiger partial charge in [-0.15, -0.1) is 0 Å². The van der Waals surface area contributed by atoms with Gasteiger partial charge in [0.05, 0.1) is 0 Å². The summed E-state index contributed by atoms with van der Waals surface area (Å²) in [5, 5.41) is 7.03. The van der Waals surface area contributed by atoms with Crippen LogP contribution >= 0.6 is 15.9 Å². The highest BCUT2D eigenvalue weighted by atomic mass is 79.9. The molecule has 1 heterocycles. The van der Waals surface area contributed by atoms with Crippen molar-refractivity contribution < 1.29 is 4.79 Å². The average Bonchev–Trinajstić information content (AvgIpc) is 2.78. The number of rotatable bonds is 4. The first-order chi connectivity index (χ1) is 9.09. The molecule has 5 heteroatoms. The molecule has 0 aliphatic carbocycles. The molecular formula is C14H16BrN3O. The standard InChI is InChI=1S/C14H16BrN3O/c1-10-12(4-3-5-13(10)15)14(19)16-8-6-11-7-9-17-18(11)2/h3-5,7,9H,6,8H2,1-2H3,(H,16,19). The van der Waals surface area contributed by atoms with Crippen LogP contribution in [0.15, 0.2) is 34.9 Å². The third-order valence-electron chi connectivity index (χ3n) is 3.10. The zero-order chi connectivity index (χ0) is 13.8. The minimum absolute atomic E-state index is 0.0408. The highest BCUT2D eigenvalue weighted by molar-refractivity contribution is 9.10. The van der Waals surface area contributed by atoms with E-state index >= 15 is 0 Å². The molecule has 0 radical (unpaired) electrons. The normalized spacial score (nSPS) is 10.5. The molecule has 100 valence electrons. The van der Waals surface area contributed by atoms with E-state index in [-0.39, 0.29) is 5.91 Å². The number of nitrogens with zero attached hydrogens (tertiary/aromatic N) is 2. The van der Waals surface area contributed by atoms with Crippen LogP contribution in [0.3, 0.4) is 0 Å². The maximum absolute atomic E-state index is 12.1. The summed E-state index contributed by atoms with van der Waals surface area (Å²) >= 11 is 3.43. The molecule has 2 aromatic rings. The van der Waals surface area contributed by atoms with Crippen LogP contribution in [-0.4, -0.2) is 22.2 Å². The maximum atomic E-state index is 12.1. The molecule has 0 bridgehead atoms. The lowest BCUT2D eigenvalue weighted by molar-refractivity contribution is 0.0953.